The summed E-state index contributed by atoms with van der Waals surface area (Å²) in [6, 6.07) is 9.24. The molecule has 0 bridgehead atoms. The highest BCUT2D eigenvalue weighted by Gasteiger charge is 2.59. The van der Waals surface area contributed by atoms with Gasteiger partial charge in [-0.25, -0.2) is 4.79 Å². The van der Waals surface area contributed by atoms with Gasteiger partial charge in [0, 0.05) is 6.42 Å². The second kappa shape index (κ2) is 11.6. The molecule has 4 aliphatic rings. The largest absolute Gasteiger partial charge is 0.514 e. The number of rotatable bonds is 8. The molecule has 1 aromatic carbocycles. The molecule has 216 valence electrons. The van der Waals surface area contributed by atoms with Crippen LogP contribution in [0, 0.1) is 52.3 Å². The Balaban J connectivity index is 1.22. The highest BCUT2D eigenvalue weighted by atomic mass is 16.7. The van der Waals surface area contributed by atoms with E-state index in [0.29, 0.717) is 11.2 Å². The number of carbonyl (C=O) groups is 1. The predicted octanol–water partition coefficient (Wildman–Crippen LogP) is 10.2. The van der Waals surface area contributed by atoms with Crippen LogP contribution in [0.5, 0.6) is 5.75 Å². The molecule has 3 heteroatoms. The second-order valence-corrected chi connectivity index (χ2v) is 14.6. The first kappa shape index (κ1) is 28.7. The maximum absolute atomic E-state index is 12.5. The molecule has 5 rings (SSSR count). The van der Waals surface area contributed by atoms with Gasteiger partial charge < -0.3 is 9.47 Å². The summed E-state index contributed by atoms with van der Waals surface area (Å²) in [5, 5.41) is 0. The Hall–Kier alpha value is -1.77. The quantitative estimate of drug-likeness (QED) is 0.189. The number of fused-ring (bicyclic) bond motifs is 5. The van der Waals surface area contributed by atoms with E-state index in [1.54, 1.807) is 17.7 Å². The summed E-state index contributed by atoms with van der Waals surface area (Å²) in [5.74, 6) is 6.46. The molecule has 0 aliphatic heterocycles. The first-order valence-corrected chi connectivity index (χ1v) is 16.3. The summed E-state index contributed by atoms with van der Waals surface area (Å²) in [4.78, 5) is 12.5. The summed E-state index contributed by atoms with van der Waals surface area (Å²) in [6.45, 7) is 15.0. The van der Waals surface area contributed by atoms with Crippen LogP contribution in [0.3, 0.4) is 0 Å². The van der Waals surface area contributed by atoms with E-state index < -0.39 is 6.16 Å². The number of ether oxygens (including phenoxy) is 2. The molecule has 4 unspecified atom stereocenters. The van der Waals surface area contributed by atoms with Gasteiger partial charge in [0.15, 0.2) is 0 Å². The van der Waals surface area contributed by atoms with E-state index in [9.17, 15) is 4.79 Å². The Morgan fingerprint density at radius 3 is 2.46 bits per heavy atom. The molecule has 39 heavy (non-hydrogen) atoms. The average Bonchev–Trinajstić information content (AvgIpc) is 3.27. The molecule has 0 amide bonds. The molecule has 0 radical (unpaired) electrons. The van der Waals surface area contributed by atoms with Crippen molar-refractivity contribution in [1.29, 1.82) is 0 Å². The molecule has 1 aromatic rings. The molecular weight excluding hydrogens is 480 g/mol. The van der Waals surface area contributed by atoms with Crippen LogP contribution in [0.4, 0.5) is 4.79 Å². The molecule has 9 atom stereocenters. The van der Waals surface area contributed by atoms with E-state index in [2.05, 4.69) is 47.6 Å². The molecule has 0 aromatic heterocycles. The highest BCUT2D eigenvalue weighted by Crippen LogP contribution is 2.67. The van der Waals surface area contributed by atoms with E-state index in [-0.39, 0.29) is 11.5 Å². The molecular formula is C36H54O3. The Kier molecular flexibility index (Phi) is 8.56. The van der Waals surface area contributed by atoms with Crippen molar-refractivity contribution in [3.8, 4) is 5.75 Å². The van der Waals surface area contributed by atoms with E-state index in [1.165, 1.54) is 51.4 Å². The number of hydrogen-bond donors (Lipinski definition) is 0. The first-order chi connectivity index (χ1) is 18.7. The molecule has 3 fully saturated rings. The van der Waals surface area contributed by atoms with Gasteiger partial charge in [-0.15, -0.1) is 0 Å². The van der Waals surface area contributed by atoms with Crippen molar-refractivity contribution in [3.63, 3.8) is 0 Å². The minimum atomic E-state index is -0.567. The SMILES string of the molecule is CC[C@H](CC[C@@H](C)[C@H]1CCC2C3CC=C4CC(OC(=O)Oc5ccccc5)CC[C@]4(C)C3CC[C@@]21C)C(C)C. The van der Waals surface area contributed by atoms with Crippen molar-refractivity contribution < 1.29 is 14.3 Å². The number of benzene rings is 1. The van der Waals surface area contributed by atoms with E-state index >= 15 is 0 Å². The van der Waals surface area contributed by atoms with Crippen LogP contribution >= 0.6 is 0 Å². The van der Waals surface area contributed by atoms with Crippen molar-refractivity contribution in [1.82, 2.24) is 0 Å². The molecule has 4 aliphatic carbocycles. The van der Waals surface area contributed by atoms with Gasteiger partial charge in [-0.3, -0.25) is 0 Å². The molecule has 3 saturated carbocycles. The summed E-state index contributed by atoms with van der Waals surface area (Å²) >= 11 is 0. The average molecular weight is 535 g/mol. The van der Waals surface area contributed by atoms with Crippen LogP contribution in [-0.2, 0) is 4.74 Å². The molecule has 3 nitrogen and oxygen atoms in total. The van der Waals surface area contributed by atoms with Gasteiger partial charge >= 0.3 is 6.16 Å². The van der Waals surface area contributed by atoms with Gasteiger partial charge in [-0.1, -0.05) is 84.2 Å². The van der Waals surface area contributed by atoms with Crippen LogP contribution in [0.2, 0.25) is 0 Å². The van der Waals surface area contributed by atoms with Gasteiger partial charge in [0.1, 0.15) is 11.9 Å². The Morgan fingerprint density at radius 1 is 0.974 bits per heavy atom. The van der Waals surface area contributed by atoms with Crippen molar-refractivity contribution in [2.75, 3.05) is 0 Å². The van der Waals surface area contributed by atoms with Crippen LogP contribution in [0.15, 0.2) is 42.0 Å². The third-order valence-corrected chi connectivity index (χ3v) is 12.5. The fraction of sp³-hybridized carbons (Fsp3) is 0.750. The minimum absolute atomic E-state index is 0.0690. The van der Waals surface area contributed by atoms with E-state index in [4.69, 9.17) is 9.47 Å². The zero-order valence-corrected chi connectivity index (χ0v) is 25.6. The van der Waals surface area contributed by atoms with Crippen LogP contribution < -0.4 is 4.74 Å². The van der Waals surface area contributed by atoms with Gasteiger partial charge in [0.2, 0.25) is 0 Å². The zero-order valence-electron chi connectivity index (χ0n) is 25.6. The van der Waals surface area contributed by atoms with E-state index in [0.717, 1.165) is 60.7 Å². The van der Waals surface area contributed by atoms with Crippen molar-refractivity contribution in [2.45, 2.75) is 118 Å². The summed E-state index contributed by atoms with van der Waals surface area (Å²) < 4.78 is 11.2. The van der Waals surface area contributed by atoms with Gasteiger partial charge in [0.25, 0.3) is 0 Å². The van der Waals surface area contributed by atoms with Crippen molar-refractivity contribution >= 4 is 6.16 Å². The molecule has 0 saturated heterocycles. The van der Waals surface area contributed by atoms with Crippen LogP contribution in [0.1, 0.15) is 112 Å². The summed E-state index contributed by atoms with van der Waals surface area (Å²) in [6.07, 6.45) is 15.9. The summed E-state index contributed by atoms with van der Waals surface area (Å²) in [7, 11) is 0. The topological polar surface area (TPSA) is 35.5 Å². The molecule has 0 N–H and O–H groups in total. The Labute approximate surface area is 238 Å². The lowest BCUT2D eigenvalue weighted by atomic mass is 9.47. The van der Waals surface area contributed by atoms with Gasteiger partial charge in [-0.05, 0) is 116 Å². The highest BCUT2D eigenvalue weighted by molar-refractivity contribution is 5.64. The number of hydrogen-bond acceptors (Lipinski definition) is 3. The third-order valence-electron chi connectivity index (χ3n) is 12.5. The van der Waals surface area contributed by atoms with E-state index in [1.807, 2.05) is 18.2 Å². The van der Waals surface area contributed by atoms with Gasteiger partial charge in [-0.2, -0.15) is 0 Å². The van der Waals surface area contributed by atoms with Crippen molar-refractivity contribution in [2.24, 2.45) is 52.3 Å². The lowest BCUT2D eigenvalue weighted by molar-refractivity contribution is -0.0599. The first-order valence-electron chi connectivity index (χ1n) is 16.3. The van der Waals surface area contributed by atoms with Crippen LogP contribution in [0.25, 0.3) is 0 Å². The monoisotopic (exact) mass is 534 g/mol. The Morgan fingerprint density at radius 2 is 1.74 bits per heavy atom. The normalized spacial score (nSPS) is 37.2. The maximum Gasteiger partial charge on any atom is 0.514 e. The number of para-hydroxylation sites is 1. The molecule has 0 spiro atoms. The van der Waals surface area contributed by atoms with Crippen LogP contribution in [-0.4, -0.2) is 12.3 Å². The van der Waals surface area contributed by atoms with Crippen molar-refractivity contribution in [3.05, 3.63) is 42.0 Å². The zero-order chi connectivity index (χ0) is 27.8. The fourth-order valence-electron chi connectivity index (χ4n) is 10.1. The predicted molar refractivity (Wildman–Crippen MR) is 160 cm³/mol. The molecule has 0 heterocycles. The lowest BCUT2D eigenvalue weighted by Gasteiger charge is -2.58. The minimum Gasteiger partial charge on any atom is -0.430 e. The Bertz CT molecular complexity index is 1010. The smallest absolute Gasteiger partial charge is 0.430 e. The fourth-order valence-corrected chi connectivity index (χ4v) is 10.1. The number of allylic oxidation sites excluding steroid dienone is 1. The number of carbonyl (C=O) groups excluding carboxylic acids is 1. The second-order valence-electron chi connectivity index (χ2n) is 14.6. The standard InChI is InChI=1S/C36H54O3/c1-7-26(24(2)3)14-13-25(4)31-17-18-32-30-16-15-27-23-29(39-34(37)38-28-11-9-8-10-12-28)19-21-35(27,5)33(30)20-22-36(31,32)6/h8-12,15,24-26,29-33H,7,13-14,16-23H2,1-6H3/t25-,26-,29?,30?,31-,32?,33?,35+,36-/m1/s1. The lowest BCUT2D eigenvalue weighted by Crippen LogP contribution is -2.51. The maximum atomic E-state index is 12.5. The third kappa shape index (κ3) is 5.58. The summed E-state index contributed by atoms with van der Waals surface area (Å²) in [5.41, 5.74) is 2.34. The van der Waals surface area contributed by atoms with Gasteiger partial charge in [0.05, 0.1) is 0 Å².